The van der Waals surface area contributed by atoms with Crippen LogP contribution in [0.5, 0.6) is 0 Å². The SMILES string of the molecule is Nc1ccc2nc(NN3CCOCC3)[nH]c2c1. The van der Waals surface area contributed by atoms with Gasteiger partial charge in [-0.25, -0.2) is 9.99 Å². The predicted octanol–water partition coefficient (Wildman–Crippen LogP) is 0.804. The van der Waals surface area contributed by atoms with E-state index in [0.29, 0.717) is 0 Å². The van der Waals surface area contributed by atoms with Crippen molar-refractivity contribution in [2.75, 3.05) is 37.5 Å². The van der Waals surface area contributed by atoms with Crippen LogP contribution in [0.1, 0.15) is 0 Å². The summed E-state index contributed by atoms with van der Waals surface area (Å²) in [5.74, 6) is 0.743. The zero-order valence-corrected chi connectivity index (χ0v) is 9.44. The lowest BCUT2D eigenvalue weighted by Gasteiger charge is -2.26. The summed E-state index contributed by atoms with van der Waals surface area (Å²) in [5.41, 5.74) is 11.6. The molecule has 90 valence electrons. The molecule has 1 aliphatic rings. The third-order valence-electron chi connectivity index (χ3n) is 2.78. The number of hydrogen-bond acceptors (Lipinski definition) is 5. The highest BCUT2D eigenvalue weighted by Crippen LogP contribution is 2.17. The molecule has 2 heterocycles. The second-order valence-electron chi connectivity index (χ2n) is 4.07. The van der Waals surface area contributed by atoms with Crippen LogP contribution in [0.25, 0.3) is 11.0 Å². The van der Waals surface area contributed by atoms with E-state index >= 15 is 0 Å². The average Bonchev–Trinajstić information content (AvgIpc) is 2.71. The fourth-order valence-electron chi connectivity index (χ4n) is 1.91. The van der Waals surface area contributed by atoms with Gasteiger partial charge in [0.2, 0.25) is 5.95 Å². The lowest BCUT2D eigenvalue weighted by Crippen LogP contribution is -2.40. The van der Waals surface area contributed by atoms with E-state index in [2.05, 4.69) is 20.4 Å². The molecule has 0 amide bonds. The topological polar surface area (TPSA) is 79.2 Å². The Morgan fingerprint density at radius 3 is 3.00 bits per heavy atom. The second kappa shape index (κ2) is 4.23. The number of nitrogens with two attached hydrogens (primary N) is 1. The lowest BCUT2D eigenvalue weighted by atomic mass is 10.3. The van der Waals surface area contributed by atoms with Crippen molar-refractivity contribution in [1.82, 2.24) is 15.0 Å². The highest BCUT2D eigenvalue weighted by Gasteiger charge is 2.11. The fourth-order valence-corrected chi connectivity index (χ4v) is 1.91. The lowest BCUT2D eigenvalue weighted by molar-refractivity contribution is 0.0493. The Labute approximate surface area is 98.7 Å². The van der Waals surface area contributed by atoms with Crippen LogP contribution in [-0.2, 0) is 4.74 Å². The van der Waals surface area contributed by atoms with Gasteiger partial charge >= 0.3 is 0 Å². The first-order valence-electron chi connectivity index (χ1n) is 5.66. The highest BCUT2D eigenvalue weighted by atomic mass is 16.5. The van der Waals surface area contributed by atoms with Crippen LogP contribution in [0.2, 0.25) is 0 Å². The zero-order valence-electron chi connectivity index (χ0n) is 9.44. The summed E-state index contributed by atoms with van der Waals surface area (Å²) < 4.78 is 5.28. The van der Waals surface area contributed by atoms with E-state index < -0.39 is 0 Å². The molecule has 1 aliphatic heterocycles. The van der Waals surface area contributed by atoms with E-state index in [-0.39, 0.29) is 0 Å². The molecule has 17 heavy (non-hydrogen) atoms. The van der Waals surface area contributed by atoms with Gasteiger partial charge < -0.3 is 15.5 Å². The molecule has 0 spiro atoms. The highest BCUT2D eigenvalue weighted by molar-refractivity contribution is 5.80. The predicted molar refractivity (Wildman–Crippen MR) is 66.5 cm³/mol. The van der Waals surface area contributed by atoms with Crippen LogP contribution in [0.15, 0.2) is 18.2 Å². The van der Waals surface area contributed by atoms with Crippen molar-refractivity contribution in [2.24, 2.45) is 0 Å². The van der Waals surface area contributed by atoms with E-state index in [9.17, 15) is 0 Å². The number of benzene rings is 1. The number of imidazole rings is 1. The van der Waals surface area contributed by atoms with Crippen LogP contribution < -0.4 is 11.2 Å². The second-order valence-corrected chi connectivity index (χ2v) is 4.07. The molecule has 1 saturated heterocycles. The molecule has 2 aromatic rings. The van der Waals surface area contributed by atoms with Gasteiger partial charge in [0.1, 0.15) is 0 Å². The maximum atomic E-state index is 5.72. The van der Waals surface area contributed by atoms with E-state index in [1.807, 2.05) is 18.2 Å². The van der Waals surface area contributed by atoms with Gasteiger partial charge in [0.05, 0.1) is 24.2 Å². The molecule has 0 atom stereocenters. The van der Waals surface area contributed by atoms with Gasteiger partial charge in [-0.2, -0.15) is 0 Å². The fraction of sp³-hybridized carbons (Fsp3) is 0.364. The first kappa shape index (κ1) is 10.4. The number of hydrazine groups is 1. The Morgan fingerprint density at radius 1 is 1.35 bits per heavy atom. The van der Waals surface area contributed by atoms with E-state index in [0.717, 1.165) is 49.0 Å². The third-order valence-corrected chi connectivity index (χ3v) is 2.78. The Morgan fingerprint density at radius 2 is 2.18 bits per heavy atom. The number of morpholine rings is 1. The molecule has 0 bridgehead atoms. The van der Waals surface area contributed by atoms with Crippen molar-refractivity contribution in [2.45, 2.75) is 0 Å². The zero-order chi connectivity index (χ0) is 11.7. The molecule has 0 unspecified atom stereocenters. The monoisotopic (exact) mass is 233 g/mol. The average molecular weight is 233 g/mol. The van der Waals surface area contributed by atoms with Gasteiger partial charge in [-0.3, -0.25) is 5.43 Å². The molecular weight excluding hydrogens is 218 g/mol. The van der Waals surface area contributed by atoms with Crippen molar-refractivity contribution in [1.29, 1.82) is 0 Å². The molecule has 1 fully saturated rings. The number of aromatic nitrogens is 2. The smallest absolute Gasteiger partial charge is 0.216 e. The van der Waals surface area contributed by atoms with E-state index in [1.165, 1.54) is 0 Å². The quantitative estimate of drug-likeness (QED) is 0.669. The molecule has 0 radical (unpaired) electrons. The molecule has 6 nitrogen and oxygen atoms in total. The molecule has 6 heteroatoms. The van der Waals surface area contributed by atoms with Crippen LogP contribution in [0.4, 0.5) is 11.6 Å². The normalized spacial score (nSPS) is 17.4. The first-order chi connectivity index (χ1) is 8.31. The van der Waals surface area contributed by atoms with Gasteiger partial charge in [0.25, 0.3) is 0 Å². The van der Waals surface area contributed by atoms with Gasteiger partial charge in [0, 0.05) is 18.8 Å². The van der Waals surface area contributed by atoms with Crippen molar-refractivity contribution in [3.05, 3.63) is 18.2 Å². The minimum atomic E-state index is 0.735. The number of nitrogen functional groups attached to an aromatic ring is 1. The van der Waals surface area contributed by atoms with Crippen molar-refractivity contribution < 1.29 is 4.74 Å². The summed E-state index contributed by atoms with van der Waals surface area (Å²) in [4.78, 5) is 7.64. The molecule has 3 rings (SSSR count). The van der Waals surface area contributed by atoms with Crippen LogP contribution in [-0.4, -0.2) is 41.3 Å². The molecule has 0 saturated carbocycles. The molecular formula is C11H15N5O. The maximum Gasteiger partial charge on any atom is 0.216 e. The van der Waals surface area contributed by atoms with E-state index in [1.54, 1.807) is 0 Å². The summed E-state index contributed by atoms with van der Waals surface area (Å²) in [6, 6.07) is 5.64. The Balaban J connectivity index is 1.80. The van der Waals surface area contributed by atoms with Crippen molar-refractivity contribution in [3.8, 4) is 0 Å². The summed E-state index contributed by atoms with van der Waals surface area (Å²) in [6.45, 7) is 3.22. The number of hydrogen-bond donors (Lipinski definition) is 3. The number of rotatable bonds is 2. The number of ether oxygens (including phenoxy) is 1. The van der Waals surface area contributed by atoms with Gasteiger partial charge in [0.15, 0.2) is 0 Å². The Hall–Kier alpha value is -1.79. The molecule has 4 N–H and O–H groups in total. The van der Waals surface area contributed by atoms with Gasteiger partial charge in [-0.15, -0.1) is 0 Å². The third kappa shape index (κ3) is 2.17. The van der Waals surface area contributed by atoms with E-state index in [4.69, 9.17) is 10.5 Å². The molecule has 0 aliphatic carbocycles. The summed E-state index contributed by atoms with van der Waals surface area (Å²) in [7, 11) is 0. The minimum absolute atomic E-state index is 0.735. The summed E-state index contributed by atoms with van der Waals surface area (Å²) >= 11 is 0. The van der Waals surface area contributed by atoms with Crippen LogP contribution in [0, 0.1) is 0 Å². The van der Waals surface area contributed by atoms with Crippen LogP contribution >= 0.6 is 0 Å². The number of H-pyrrole nitrogens is 1. The molecule has 1 aromatic heterocycles. The number of nitrogens with zero attached hydrogens (tertiary/aromatic N) is 2. The Bertz CT molecular complexity index is 518. The van der Waals surface area contributed by atoms with Crippen LogP contribution in [0.3, 0.4) is 0 Å². The maximum absolute atomic E-state index is 5.72. The minimum Gasteiger partial charge on any atom is -0.399 e. The number of anilines is 2. The Kier molecular flexibility index (Phi) is 2.58. The van der Waals surface area contributed by atoms with Gasteiger partial charge in [-0.1, -0.05) is 0 Å². The summed E-state index contributed by atoms with van der Waals surface area (Å²) in [6.07, 6.45) is 0. The van der Waals surface area contributed by atoms with Crippen molar-refractivity contribution in [3.63, 3.8) is 0 Å². The number of aromatic amines is 1. The summed E-state index contributed by atoms with van der Waals surface area (Å²) in [5, 5.41) is 2.09. The standard InChI is InChI=1S/C11H15N5O/c12-8-1-2-9-10(7-8)14-11(13-9)15-16-3-5-17-6-4-16/h1-2,7H,3-6,12H2,(H2,13,14,15). The number of fused-ring (bicyclic) bond motifs is 1. The largest absolute Gasteiger partial charge is 0.399 e. The first-order valence-corrected chi connectivity index (χ1v) is 5.66. The number of nitrogens with one attached hydrogen (secondary N) is 2. The van der Waals surface area contributed by atoms with Crippen molar-refractivity contribution >= 4 is 22.7 Å². The molecule has 1 aromatic carbocycles. The van der Waals surface area contributed by atoms with Gasteiger partial charge in [-0.05, 0) is 18.2 Å².